The Balaban J connectivity index is 2.45. The summed E-state index contributed by atoms with van der Waals surface area (Å²) in [5.74, 6) is 0.226. The molecule has 0 bridgehead atoms. The smallest absolute Gasteiger partial charge is 0.383 e. The number of hydrogen-bond acceptors (Lipinski definition) is 6. The third-order valence-electron chi connectivity index (χ3n) is 3.34. The number of carbonyl (C=O) groups is 1. The van der Waals surface area contributed by atoms with Crippen LogP contribution in [-0.2, 0) is 4.79 Å². The molecule has 140 valence electrons. The van der Waals surface area contributed by atoms with Crippen LogP contribution in [0.4, 0.5) is 0 Å². The van der Waals surface area contributed by atoms with Crippen molar-refractivity contribution in [3.63, 3.8) is 0 Å². The second-order valence-electron chi connectivity index (χ2n) is 5.98. The normalized spacial score (nSPS) is 11.3. The highest BCUT2D eigenvalue weighted by atomic mass is 16.5. The lowest BCUT2D eigenvalue weighted by atomic mass is 10.2. The number of carbonyl (C=O) groups excluding carboxylic acids is 1. The monoisotopic (exact) mass is 360 g/mol. The van der Waals surface area contributed by atoms with Gasteiger partial charge in [-0.2, -0.15) is 0 Å². The van der Waals surface area contributed by atoms with Crippen molar-refractivity contribution < 1.29 is 23.4 Å². The highest BCUT2D eigenvalue weighted by molar-refractivity contribution is 5.87. The highest BCUT2D eigenvalue weighted by Crippen LogP contribution is 2.35. The van der Waals surface area contributed by atoms with Crippen molar-refractivity contribution in [1.82, 2.24) is 0 Å². The first-order valence-electron chi connectivity index (χ1n) is 8.66. The van der Waals surface area contributed by atoms with Crippen LogP contribution in [0.2, 0.25) is 0 Å². The van der Waals surface area contributed by atoms with E-state index < -0.39 is 11.6 Å². The minimum Gasteiger partial charge on any atom is -0.488 e. The van der Waals surface area contributed by atoms with Gasteiger partial charge in [0.1, 0.15) is 11.3 Å². The van der Waals surface area contributed by atoms with Gasteiger partial charge in [-0.15, -0.1) is 0 Å². The number of hydrogen-bond donors (Lipinski definition) is 0. The number of rotatable bonds is 8. The van der Waals surface area contributed by atoms with E-state index in [0.717, 1.165) is 6.42 Å². The van der Waals surface area contributed by atoms with Gasteiger partial charge in [-0.25, -0.2) is 4.79 Å². The summed E-state index contributed by atoms with van der Waals surface area (Å²) >= 11 is 0. The maximum absolute atomic E-state index is 12.4. The van der Waals surface area contributed by atoms with E-state index in [1.807, 2.05) is 19.9 Å². The van der Waals surface area contributed by atoms with E-state index >= 15 is 0 Å². The Bertz CT molecular complexity index is 847. The topological polar surface area (TPSA) is 75.0 Å². The third kappa shape index (κ3) is 5.12. The molecule has 0 radical (unpaired) electrons. The van der Waals surface area contributed by atoms with Gasteiger partial charge in [-0.1, -0.05) is 19.1 Å². The van der Waals surface area contributed by atoms with Gasteiger partial charge in [-0.05, 0) is 38.8 Å². The van der Waals surface area contributed by atoms with Gasteiger partial charge in [0.25, 0.3) is 0 Å². The summed E-state index contributed by atoms with van der Waals surface area (Å²) < 4.78 is 21.9. The first-order chi connectivity index (χ1) is 12.4. The third-order valence-corrected chi connectivity index (χ3v) is 3.34. The molecule has 0 aliphatic carbocycles. The van der Waals surface area contributed by atoms with Gasteiger partial charge in [0.2, 0.25) is 5.75 Å². The lowest BCUT2D eigenvalue weighted by Crippen LogP contribution is -2.15. The molecule has 6 nitrogen and oxygen atoms in total. The molecule has 6 heteroatoms. The van der Waals surface area contributed by atoms with Gasteiger partial charge < -0.3 is 18.6 Å². The molecule has 1 aromatic heterocycles. The number of fused-ring (bicyclic) bond motifs is 1. The first-order valence-corrected chi connectivity index (χ1v) is 8.66. The Morgan fingerprint density at radius 2 is 2.00 bits per heavy atom. The Morgan fingerprint density at radius 3 is 2.65 bits per heavy atom. The second-order valence-corrected chi connectivity index (χ2v) is 5.98. The van der Waals surface area contributed by atoms with Crippen LogP contribution >= 0.6 is 0 Å². The average Bonchev–Trinajstić information content (AvgIpc) is 2.56. The van der Waals surface area contributed by atoms with Crippen LogP contribution in [-0.4, -0.2) is 18.7 Å². The molecule has 1 heterocycles. The molecular formula is C20H24O6. The Labute approximate surface area is 152 Å². The van der Waals surface area contributed by atoms with Crippen molar-refractivity contribution in [1.29, 1.82) is 0 Å². The molecule has 0 fully saturated rings. The van der Waals surface area contributed by atoms with Crippen LogP contribution in [0.25, 0.3) is 11.0 Å². The Morgan fingerprint density at radius 1 is 1.23 bits per heavy atom. The van der Waals surface area contributed by atoms with Crippen molar-refractivity contribution in [3.8, 4) is 17.2 Å². The van der Waals surface area contributed by atoms with Gasteiger partial charge >= 0.3 is 11.6 Å². The zero-order valence-corrected chi connectivity index (χ0v) is 15.5. The molecule has 0 atom stereocenters. The van der Waals surface area contributed by atoms with E-state index in [0.29, 0.717) is 29.9 Å². The van der Waals surface area contributed by atoms with E-state index in [-0.39, 0.29) is 17.4 Å². The summed E-state index contributed by atoms with van der Waals surface area (Å²) in [5, 5.41) is 0.579. The molecule has 26 heavy (non-hydrogen) atoms. The molecular weight excluding hydrogens is 336 g/mol. The van der Waals surface area contributed by atoms with Crippen LogP contribution in [0.3, 0.4) is 0 Å². The standard InChI is InChI=1S/C20H24O6/c1-5-6-7-8-11-23-18-16-10-9-15(25-14(4)21)12-17(16)26-20(22)19(18)24-13(2)3/h6-7,9-10,12-13H,5,8,11H2,1-4H3. The summed E-state index contributed by atoms with van der Waals surface area (Å²) in [6.07, 6.45) is 5.53. The molecule has 1 aromatic carbocycles. The summed E-state index contributed by atoms with van der Waals surface area (Å²) in [4.78, 5) is 23.5. The van der Waals surface area contributed by atoms with Crippen molar-refractivity contribution in [2.24, 2.45) is 0 Å². The van der Waals surface area contributed by atoms with Crippen LogP contribution in [0.1, 0.15) is 40.5 Å². The fraction of sp³-hybridized carbons (Fsp3) is 0.400. The lowest BCUT2D eigenvalue weighted by molar-refractivity contribution is -0.131. The Hall–Kier alpha value is -2.76. The molecule has 0 spiro atoms. The highest BCUT2D eigenvalue weighted by Gasteiger charge is 2.19. The van der Waals surface area contributed by atoms with Gasteiger partial charge in [0.15, 0.2) is 5.75 Å². The molecule has 2 rings (SSSR count). The number of allylic oxidation sites excluding steroid dienone is 1. The van der Waals surface area contributed by atoms with Gasteiger partial charge in [0.05, 0.1) is 18.1 Å². The minimum atomic E-state index is -0.634. The van der Waals surface area contributed by atoms with Gasteiger partial charge in [0, 0.05) is 13.0 Å². The zero-order chi connectivity index (χ0) is 19.1. The molecule has 0 amide bonds. The fourth-order valence-electron chi connectivity index (χ4n) is 2.36. The van der Waals surface area contributed by atoms with Crippen LogP contribution < -0.4 is 19.8 Å². The van der Waals surface area contributed by atoms with Crippen LogP contribution in [0, 0.1) is 0 Å². The molecule has 0 saturated carbocycles. The zero-order valence-electron chi connectivity index (χ0n) is 15.5. The van der Waals surface area contributed by atoms with E-state index in [2.05, 4.69) is 13.0 Å². The average molecular weight is 360 g/mol. The van der Waals surface area contributed by atoms with E-state index in [4.69, 9.17) is 18.6 Å². The molecule has 2 aromatic rings. The molecule has 0 aliphatic rings. The van der Waals surface area contributed by atoms with Crippen LogP contribution in [0.5, 0.6) is 17.2 Å². The SMILES string of the molecule is CCC=CCCOc1c(OC(C)C)c(=O)oc2cc(OC(C)=O)ccc12. The van der Waals surface area contributed by atoms with Gasteiger partial charge in [-0.3, -0.25) is 4.79 Å². The van der Waals surface area contributed by atoms with Crippen molar-refractivity contribution in [2.45, 2.75) is 46.6 Å². The lowest BCUT2D eigenvalue weighted by Gasteiger charge is -2.15. The number of ether oxygens (including phenoxy) is 3. The minimum absolute atomic E-state index is 0.0483. The summed E-state index contributed by atoms with van der Waals surface area (Å²) in [6, 6.07) is 4.79. The van der Waals surface area contributed by atoms with Crippen molar-refractivity contribution in [2.75, 3.05) is 6.61 Å². The van der Waals surface area contributed by atoms with Crippen molar-refractivity contribution in [3.05, 3.63) is 40.8 Å². The maximum Gasteiger partial charge on any atom is 0.383 e. The predicted molar refractivity (Wildman–Crippen MR) is 99.1 cm³/mol. The number of esters is 1. The summed E-state index contributed by atoms with van der Waals surface area (Å²) in [7, 11) is 0. The molecule has 0 saturated heterocycles. The fourth-order valence-corrected chi connectivity index (χ4v) is 2.36. The predicted octanol–water partition coefficient (Wildman–Crippen LogP) is 4.24. The van der Waals surface area contributed by atoms with E-state index in [1.165, 1.54) is 13.0 Å². The molecule has 0 unspecified atom stereocenters. The summed E-state index contributed by atoms with van der Waals surface area (Å²) in [6.45, 7) is 7.40. The number of benzene rings is 1. The largest absolute Gasteiger partial charge is 0.488 e. The van der Waals surface area contributed by atoms with Crippen LogP contribution in [0.15, 0.2) is 39.6 Å². The van der Waals surface area contributed by atoms with E-state index in [9.17, 15) is 9.59 Å². The maximum atomic E-state index is 12.4. The van der Waals surface area contributed by atoms with E-state index in [1.54, 1.807) is 12.1 Å². The van der Waals surface area contributed by atoms with Crippen molar-refractivity contribution >= 4 is 16.9 Å². The first kappa shape index (κ1) is 19.6. The quantitative estimate of drug-likeness (QED) is 0.230. The molecule has 0 N–H and O–H groups in total. The summed E-state index contributed by atoms with van der Waals surface area (Å²) in [5.41, 5.74) is -0.366. The molecule has 0 aliphatic heterocycles. The Kier molecular flexibility index (Phi) is 6.83. The second kappa shape index (κ2) is 9.08.